The molecule has 0 saturated heterocycles. The second-order valence-electron chi connectivity index (χ2n) is 7.84. The molecule has 2 aromatic carbocycles. The van der Waals surface area contributed by atoms with Crippen LogP contribution in [0.5, 0.6) is 0 Å². The fraction of sp³-hybridized carbons (Fsp3) is 0.304. The Balaban J connectivity index is 1.81. The minimum Gasteiger partial charge on any atom is -0.389 e. The predicted octanol–water partition coefficient (Wildman–Crippen LogP) is 3.61. The number of hydrogen-bond acceptors (Lipinski definition) is 4. The molecule has 0 saturated carbocycles. The number of nitrogens with one attached hydrogen (secondary N) is 1. The summed E-state index contributed by atoms with van der Waals surface area (Å²) in [5, 5.41) is 13.4. The molecule has 0 aliphatic heterocycles. The molecule has 0 aliphatic rings. The van der Waals surface area contributed by atoms with Crippen LogP contribution >= 0.6 is 0 Å². The topological polar surface area (TPSA) is 88.2 Å². The summed E-state index contributed by atoms with van der Waals surface area (Å²) in [7, 11) is 0. The molecule has 0 spiro atoms. The van der Waals surface area contributed by atoms with Gasteiger partial charge in [-0.1, -0.05) is 30.3 Å². The molecule has 1 amide bonds. The Morgan fingerprint density at radius 3 is 2.64 bits per heavy atom. The zero-order valence-corrected chi connectivity index (χ0v) is 16.6. The third-order valence-corrected chi connectivity index (χ3v) is 4.72. The van der Waals surface area contributed by atoms with Crippen molar-refractivity contribution in [2.45, 2.75) is 39.2 Å². The van der Waals surface area contributed by atoms with Crippen molar-refractivity contribution in [2.75, 3.05) is 12.3 Å². The van der Waals surface area contributed by atoms with E-state index in [1.165, 1.54) is 11.1 Å². The number of anilines is 1. The molecular formula is C23H27N3O2. The molecule has 5 heteroatoms. The molecule has 0 atom stereocenters. The van der Waals surface area contributed by atoms with Gasteiger partial charge in [-0.05, 0) is 67.6 Å². The fourth-order valence-corrected chi connectivity index (χ4v) is 3.15. The van der Waals surface area contributed by atoms with Crippen molar-refractivity contribution >= 4 is 22.6 Å². The molecule has 0 fully saturated rings. The van der Waals surface area contributed by atoms with E-state index in [-0.39, 0.29) is 12.5 Å². The summed E-state index contributed by atoms with van der Waals surface area (Å²) in [6.45, 7) is 5.63. The highest BCUT2D eigenvalue weighted by molar-refractivity contribution is 5.87. The van der Waals surface area contributed by atoms with Gasteiger partial charge >= 0.3 is 0 Å². The van der Waals surface area contributed by atoms with E-state index in [0.717, 1.165) is 22.0 Å². The molecule has 0 aliphatic carbocycles. The molecule has 0 radical (unpaired) electrons. The number of carbonyl (C=O) groups excluding carboxylic acids is 1. The summed E-state index contributed by atoms with van der Waals surface area (Å²) in [5.74, 6) is 0.335. The quantitative estimate of drug-likeness (QED) is 0.612. The van der Waals surface area contributed by atoms with E-state index in [1.807, 2.05) is 24.3 Å². The number of benzene rings is 2. The highest BCUT2D eigenvalue weighted by Crippen LogP contribution is 2.28. The molecule has 0 bridgehead atoms. The van der Waals surface area contributed by atoms with Crippen LogP contribution in [-0.2, 0) is 11.2 Å². The largest absolute Gasteiger partial charge is 0.389 e. The summed E-state index contributed by atoms with van der Waals surface area (Å²) < 4.78 is 0. The first kappa shape index (κ1) is 19.8. The van der Waals surface area contributed by atoms with Crippen molar-refractivity contribution in [2.24, 2.45) is 0 Å². The maximum absolute atomic E-state index is 12.0. The first-order valence-electron chi connectivity index (χ1n) is 9.47. The van der Waals surface area contributed by atoms with Gasteiger partial charge in [-0.3, -0.25) is 4.79 Å². The minimum absolute atomic E-state index is 0.115. The Labute approximate surface area is 165 Å². The second kappa shape index (κ2) is 7.98. The van der Waals surface area contributed by atoms with Crippen LogP contribution in [0.4, 0.5) is 5.82 Å². The molecular weight excluding hydrogens is 350 g/mol. The van der Waals surface area contributed by atoms with E-state index in [1.54, 1.807) is 13.8 Å². The van der Waals surface area contributed by atoms with Gasteiger partial charge < -0.3 is 16.2 Å². The van der Waals surface area contributed by atoms with Crippen molar-refractivity contribution in [1.29, 1.82) is 0 Å². The van der Waals surface area contributed by atoms with Crippen LogP contribution in [0, 0.1) is 6.92 Å². The average Bonchev–Trinajstić information content (AvgIpc) is 2.64. The highest BCUT2D eigenvalue weighted by atomic mass is 16.3. The number of aliphatic hydroxyl groups is 1. The zero-order valence-electron chi connectivity index (χ0n) is 16.6. The highest BCUT2D eigenvalue weighted by Gasteiger charge is 2.14. The second-order valence-corrected chi connectivity index (χ2v) is 7.84. The lowest BCUT2D eigenvalue weighted by atomic mass is 9.98. The minimum atomic E-state index is -0.925. The number of aryl methyl sites for hydroxylation is 2. The Hall–Kier alpha value is -2.92. The molecule has 0 unspecified atom stereocenters. The number of rotatable bonds is 6. The summed E-state index contributed by atoms with van der Waals surface area (Å²) >= 11 is 0. The van der Waals surface area contributed by atoms with E-state index in [0.29, 0.717) is 18.7 Å². The van der Waals surface area contributed by atoms with E-state index in [9.17, 15) is 9.90 Å². The molecule has 5 nitrogen and oxygen atoms in total. The average molecular weight is 377 g/mol. The Bertz CT molecular complexity index is 1010. The number of nitrogens with two attached hydrogens (primary N) is 1. The molecule has 28 heavy (non-hydrogen) atoms. The summed E-state index contributed by atoms with van der Waals surface area (Å²) in [6.07, 6.45) is 0.798. The van der Waals surface area contributed by atoms with Gasteiger partial charge in [0.1, 0.15) is 5.82 Å². The molecule has 3 rings (SSSR count). The third-order valence-electron chi connectivity index (χ3n) is 4.72. The Morgan fingerprint density at radius 1 is 1.18 bits per heavy atom. The molecule has 1 aromatic heterocycles. The van der Waals surface area contributed by atoms with Gasteiger partial charge in [0.2, 0.25) is 5.91 Å². The van der Waals surface area contributed by atoms with Crippen LogP contribution < -0.4 is 11.1 Å². The van der Waals surface area contributed by atoms with Crippen LogP contribution in [0.15, 0.2) is 48.5 Å². The molecule has 4 N–H and O–H groups in total. The first-order valence-corrected chi connectivity index (χ1v) is 9.47. The van der Waals surface area contributed by atoms with Crippen molar-refractivity contribution in [3.05, 3.63) is 59.7 Å². The molecule has 146 valence electrons. The number of nitrogens with zero attached hydrogens (tertiary/aromatic N) is 1. The van der Waals surface area contributed by atoms with Crippen molar-refractivity contribution in [1.82, 2.24) is 10.3 Å². The normalized spacial score (nSPS) is 11.6. The Kier molecular flexibility index (Phi) is 5.66. The SMILES string of the molecule is Cc1ccccc1-c1ccc2nc(N)c(CCC(=O)NCC(C)(C)O)cc2c1. The van der Waals surface area contributed by atoms with Crippen LogP contribution in [0.25, 0.3) is 22.0 Å². The number of carbonyl (C=O) groups is 1. The lowest BCUT2D eigenvalue weighted by Gasteiger charge is -2.17. The van der Waals surface area contributed by atoms with E-state index in [2.05, 4.69) is 41.5 Å². The summed E-state index contributed by atoms with van der Waals surface area (Å²) in [6, 6.07) is 16.4. The maximum Gasteiger partial charge on any atom is 0.220 e. The van der Waals surface area contributed by atoms with Gasteiger partial charge in [0, 0.05) is 18.4 Å². The summed E-state index contributed by atoms with van der Waals surface area (Å²) in [5.41, 5.74) is 10.4. The molecule has 3 aromatic rings. The third kappa shape index (κ3) is 4.87. The predicted molar refractivity (Wildman–Crippen MR) is 114 cm³/mol. The van der Waals surface area contributed by atoms with Crippen LogP contribution in [0.1, 0.15) is 31.4 Å². The van der Waals surface area contributed by atoms with Crippen molar-refractivity contribution in [3.63, 3.8) is 0 Å². The Morgan fingerprint density at radius 2 is 1.93 bits per heavy atom. The summed E-state index contributed by atoms with van der Waals surface area (Å²) in [4.78, 5) is 16.5. The van der Waals surface area contributed by atoms with Crippen molar-refractivity contribution < 1.29 is 9.90 Å². The lowest BCUT2D eigenvalue weighted by Crippen LogP contribution is -2.38. The van der Waals surface area contributed by atoms with Gasteiger partial charge in [-0.25, -0.2) is 4.98 Å². The van der Waals surface area contributed by atoms with Crippen LogP contribution in [0.3, 0.4) is 0 Å². The number of aromatic nitrogens is 1. The number of amides is 1. The monoisotopic (exact) mass is 377 g/mol. The van der Waals surface area contributed by atoms with E-state index < -0.39 is 5.60 Å². The van der Waals surface area contributed by atoms with Crippen molar-refractivity contribution in [3.8, 4) is 11.1 Å². The first-order chi connectivity index (χ1) is 13.2. The zero-order chi connectivity index (χ0) is 20.3. The number of pyridine rings is 1. The standard InChI is InChI=1S/C23H27N3O2/c1-15-6-4-5-7-19(15)16-8-10-20-18(12-16)13-17(22(24)26-20)9-11-21(27)25-14-23(2,3)28/h4-8,10,12-13,28H,9,11,14H2,1-3H3,(H2,24,26)(H,25,27). The smallest absolute Gasteiger partial charge is 0.220 e. The number of nitrogen functional groups attached to an aromatic ring is 1. The van der Waals surface area contributed by atoms with Crippen LogP contribution in [-0.4, -0.2) is 28.1 Å². The molecule has 1 heterocycles. The van der Waals surface area contributed by atoms with Gasteiger partial charge in [0.25, 0.3) is 0 Å². The van der Waals surface area contributed by atoms with Gasteiger partial charge in [0.15, 0.2) is 0 Å². The van der Waals surface area contributed by atoms with Crippen LogP contribution in [0.2, 0.25) is 0 Å². The van der Waals surface area contributed by atoms with Gasteiger partial charge in [-0.15, -0.1) is 0 Å². The fourth-order valence-electron chi connectivity index (χ4n) is 3.15. The maximum atomic E-state index is 12.0. The van der Waals surface area contributed by atoms with Gasteiger partial charge in [-0.2, -0.15) is 0 Å². The number of fused-ring (bicyclic) bond motifs is 1. The van der Waals surface area contributed by atoms with Gasteiger partial charge in [0.05, 0.1) is 11.1 Å². The van der Waals surface area contributed by atoms with E-state index in [4.69, 9.17) is 5.73 Å². The number of hydrogen-bond donors (Lipinski definition) is 3. The lowest BCUT2D eigenvalue weighted by molar-refractivity contribution is -0.122. The van der Waals surface area contributed by atoms with E-state index >= 15 is 0 Å².